The van der Waals surface area contributed by atoms with E-state index in [1.807, 2.05) is 17.8 Å². The Morgan fingerprint density at radius 1 is 1.00 bits per heavy atom. The predicted octanol–water partition coefficient (Wildman–Crippen LogP) is 4.56. The van der Waals surface area contributed by atoms with Crippen LogP contribution >= 0.6 is 11.8 Å². The fraction of sp³-hybridized carbons (Fsp3) is 0.455. The van der Waals surface area contributed by atoms with Gasteiger partial charge in [-0.05, 0) is 48.4 Å². The van der Waals surface area contributed by atoms with Crippen LogP contribution in [0, 0.1) is 0 Å². The molecule has 4 heteroatoms. The number of thioether (sulfide) groups is 1. The minimum absolute atomic E-state index is 0.952. The van der Waals surface area contributed by atoms with Gasteiger partial charge in [-0.3, -0.25) is 4.90 Å². The van der Waals surface area contributed by atoms with Crippen molar-refractivity contribution in [2.75, 3.05) is 50.5 Å². The molecule has 0 N–H and O–H groups in total. The van der Waals surface area contributed by atoms with E-state index < -0.39 is 0 Å². The van der Waals surface area contributed by atoms with Crippen LogP contribution < -0.4 is 9.64 Å². The number of benzene rings is 2. The van der Waals surface area contributed by atoms with Crippen LogP contribution in [-0.2, 0) is 6.42 Å². The third kappa shape index (κ3) is 5.18. The summed E-state index contributed by atoms with van der Waals surface area (Å²) in [6.45, 7) is 7.86. The molecule has 0 aromatic heterocycles. The molecule has 3 rings (SSSR count). The van der Waals surface area contributed by atoms with E-state index in [0.29, 0.717) is 0 Å². The zero-order valence-electron chi connectivity index (χ0n) is 16.0. The number of hydrogen-bond acceptors (Lipinski definition) is 4. The van der Waals surface area contributed by atoms with Crippen molar-refractivity contribution in [2.24, 2.45) is 0 Å². The Balaban J connectivity index is 1.51. The van der Waals surface area contributed by atoms with E-state index in [0.717, 1.165) is 44.9 Å². The first-order valence-corrected chi connectivity index (χ1v) is 10.6. The number of ether oxygens (including phenoxy) is 1. The number of methoxy groups -OCH3 is 1. The quantitative estimate of drug-likeness (QED) is 0.633. The van der Waals surface area contributed by atoms with Crippen LogP contribution in [0.3, 0.4) is 0 Å². The summed E-state index contributed by atoms with van der Waals surface area (Å²) in [5, 5.41) is 0. The van der Waals surface area contributed by atoms with Crippen molar-refractivity contribution >= 4 is 17.4 Å². The Labute approximate surface area is 162 Å². The zero-order chi connectivity index (χ0) is 18.2. The first-order valence-electron chi connectivity index (χ1n) is 9.62. The molecular formula is C22H30N2OS. The molecule has 0 atom stereocenters. The van der Waals surface area contributed by atoms with Crippen LogP contribution in [0.25, 0.3) is 0 Å². The van der Waals surface area contributed by atoms with Gasteiger partial charge in [0.05, 0.1) is 12.8 Å². The van der Waals surface area contributed by atoms with Crippen LogP contribution in [0.15, 0.2) is 53.4 Å². The van der Waals surface area contributed by atoms with Gasteiger partial charge in [-0.15, -0.1) is 11.8 Å². The molecule has 2 aromatic rings. The van der Waals surface area contributed by atoms with E-state index >= 15 is 0 Å². The van der Waals surface area contributed by atoms with Gasteiger partial charge in [-0.25, -0.2) is 0 Å². The Kier molecular flexibility index (Phi) is 7.27. The topological polar surface area (TPSA) is 15.7 Å². The summed E-state index contributed by atoms with van der Waals surface area (Å²) in [6.07, 6.45) is 2.30. The summed E-state index contributed by atoms with van der Waals surface area (Å²) in [4.78, 5) is 6.57. The Morgan fingerprint density at radius 3 is 2.58 bits per heavy atom. The van der Waals surface area contributed by atoms with E-state index in [-0.39, 0.29) is 0 Å². The summed E-state index contributed by atoms with van der Waals surface area (Å²) in [5.41, 5.74) is 2.77. The summed E-state index contributed by atoms with van der Waals surface area (Å²) in [5.74, 6) is 2.14. The fourth-order valence-electron chi connectivity index (χ4n) is 3.38. The molecule has 140 valence electrons. The normalized spacial score (nSPS) is 15.2. The minimum Gasteiger partial charge on any atom is -0.497 e. The van der Waals surface area contributed by atoms with E-state index in [2.05, 4.69) is 59.2 Å². The highest BCUT2D eigenvalue weighted by Crippen LogP contribution is 2.31. The molecule has 1 aliphatic heterocycles. The molecule has 1 aliphatic rings. The highest BCUT2D eigenvalue weighted by molar-refractivity contribution is 7.99. The highest BCUT2D eigenvalue weighted by atomic mass is 32.2. The van der Waals surface area contributed by atoms with Crippen molar-refractivity contribution in [1.29, 1.82) is 0 Å². The van der Waals surface area contributed by atoms with Crippen LogP contribution in [0.1, 0.15) is 18.9 Å². The van der Waals surface area contributed by atoms with Gasteiger partial charge in [0.2, 0.25) is 0 Å². The van der Waals surface area contributed by atoms with Gasteiger partial charge in [-0.1, -0.05) is 31.2 Å². The van der Waals surface area contributed by atoms with E-state index in [1.54, 1.807) is 7.11 Å². The first-order chi connectivity index (χ1) is 12.8. The first kappa shape index (κ1) is 19.1. The van der Waals surface area contributed by atoms with Gasteiger partial charge in [0, 0.05) is 37.6 Å². The van der Waals surface area contributed by atoms with Gasteiger partial charge in [-0.2, -0.15) is 0 Å². The van der Waals surface area contributed by atoms with Crippen molar-refractivity contribution in [3.63, 3.8) is 0 Å². The number of rotatable bonds is 8. The van der Waals surface area contributed by atoms with E-state index in [4.69, 9.17) is 4.74 Å². The lowest BCUT2D eigenvalue weighted by molar-refractivity contribution is 0.260. The Bertz CT molecular complexity index is 683. The maximum absolute atomic E-state index is 5.33. The molecule has 0 amide bonds. The summed E-state index contributed by atoms with van der Waals surface area (Å²) in [7, 11) is 1.73. The smallest absolute Gasteiger partial charge is 0.119 e. The SMILES string of the molecule is CCCSc1ccccc1N1CCN(CCc2cccc(OC)c2)CC1. The molecule has 0 radical (unpaired) electrons. The molecule has 26 heavy (non-hydrogen) atoms. The lowest BCUT2D eigenvalue weighted by Crippen LogP contribution is -2.47. The average molecular weight is 371 g/mol. The average Bonchev–Trinajstić information content (AvgIpc) is 2.71. The molecule has 0 spiro atoms. The third-order valence-corrected chi connectivity index (χ3v) is 6.16. The van der Waals surface area contributed by atoms with Crippen molar-refractivity contribution in [2.45, 2.75) is 24.7 Å². The maximum atomic E-state index is 5.33. The van der Waals surface area contributed by atoms with Crippen molar-refractivity contribution in [3.8, 4) is 5.75 Å². The van der Waals surface area contributed by atoms with Crippen LogP contribution in [0.5, 0.6) is 5.75 Å². The van der Waals surface area contributed by atoms with Gasteiger partial charge in [0.15, 0.2) is 0 Å². The zero-order valence-corrected chi connectivity index (χ0v) is 16.8. The summed E-state index contributed by atoms with van der Waals surface area (Å²) < 4.78 is 5.33. The molecule has 2 aromatic carbocycles. The second kappa shape index (κ2) is 9.89. The number of para-hydroxylation sites is 1. The van der Waals surface area contributed by atoms with Crippen molar-refractivity contribution in [3.05, 3.63) is 54.1 Å². The molecule has 3 nitrogen and oxygen atoms in total. The number of piperazine rings is 1. The van der Waals surface area contributed by atoms with Gasteiger partial charge in [0.1, 0.15) is 5.75 Å². The van der Waals surface area contributed by atoms with Crippen LogP contribution in [0.4, 0.5) is 5.69 Å². The molecular weight excluding hydrogens is 340 g/mol. The standard InChI is InChI=1S/C22H30N2OS/c1-3-17-26-22-10-5-4-9-21(22)24-15-13-23(14-16-24)12-11-19-7-6-8-20(18-19)25-2/h4-10,18H,3,11-17H2,1-2H3. The van der Waals surface area contributed by atoms with Crippen molar-refractivity contribution in [1.82, 2.24) is 4.90 Å². The minimum atomic E-state index is 0.952. The molecule has 0 unspecified atom stereocenters. The lowest BCUT2D eigenvalue weighted by Gasteiger charge is -2.37. The largest absolute Gasteiger partial charge is 0.497 e. The van der Waals surface area contributed by atoms with E-state index in [9.17, 15) is 0 Å². The van der Waals surface area contributed by atoms with Gasteiger partial charge < -0.3 is 9.64 Å². The van der Waals surface area contributed by atoms with Crippen LogP contribution in [0.2, 0.25) is 0 Å². The number of anilines is 1. The Morgan fingerprint density at radius 2 is 1.81 bits per heavy atom. The molecule has 0 aliphatic carbocycles. The van der Waals surface area contributed by atoms with Crippen LogP contribution in [-0.4, -0.2) is 50.5 Å². The molecule has 1 heterocycles. The monoisotopic (exact) mass is 370 g/mol. The molecule has 0 bridgehead atoms. The lowest BCUT2D eigenvalue weighted by atomic mass is 10.1. The third-order valence-electron chi connectivity index (χ3n) is 4.89. The molecule has 0 saturated carbocycles. The molecule has 1 fully saturated rings. The van der Waals surface area contributed by atoms with Gasteiger partial charge >= 0.3 is 0 Å². The molecule has 1 saturated heterocycles. The summed E-state index contributed by atoms with van der Waals surface area (Å²) in [6, 6.07) is 17.3. The predicted molar refractivity (Wildman–Crippen MR) is 113 cm³/mol. The number of nitrogens with zero attached hydrogens (tertiary/aromatic N) is 2. The van der Waals surface area contributed by atoms with Gasteiger partial charge in [0.25, 0.3) is 0 Å². The van der Waals surface area contributed by atoms with Crippen molar-refractivity contribution < 1.29 is 4.74 Å². The second-order valence-electron chi connectivity index (χ2n) is 6.75. The number of hydrogen-bond donors (Lipinski definition) is 0. The second-order valence-corrected chi connectivity index (χ2v) is 7.88. The summed E-state index contributed by atoms with van der Waals surface area (Å²) >= 11 is 1.99. The fourth-order valence-corrected chi connectivity index (χ4v) is 4.32. The Hall–Kier alpha value is -1.65. The maximum Gasteiger partial charge on any atom is 0.119 e. The highest BCUT2D eigenvalue weighted by Gasteiger charge is 2.19. The van der Waals surface area contributed by atoms with E-state index in [1.165, 1.54) is 28.3 Å².